The zero-order chi connectivity index (χ0) is 37.0. The highest BCUT2D eigenvalue weighted by atomic mass is 32.1. The molecule has 4 heterocycles. The van der Waals surface area contributed by atoms with Gasteiger partial charge in [0.25, 0.3) is 0 Å². The molecule has 0 saturated carbocycles. The van der Waals surface area contributed by atoms with E-state index in [4.69, 9.17) is 24.4 Å². The molecule has 0 spiro atoms. The van der Waals surface area contributed by atoms with Crippen LogP contribution in [0.2, 0.25) is 0 Å². The quantitative estimate of drug-likeness (QED) is 0.170. The van der Waals surface area contributed by atoms with E-state index in [-0.39, 0.29) is 0 Å². The normalized spacial score (nSPS) is 11.6. The third-order valence-electron chi connectivity index (χ3n) is 10.3. The molecule has 0 unspecified atom stereocenters. The second-order valence-corrected chi connectivity index (χ2v) is 14.9. The topological polar surface area (TPSA) is 64.7 Å². The zero-order valence-corrected chi connectivity index (χ0v) is 30.7. The van der Waals surface area contributed by atoms with Crippen LogP contribution in [0.5, 0.6) is 0 Å². The van der Waals surface area contributed by atoms with Crippen LogP contribution in [0.4, 0.5) is 0 Å². The van der Waals surface area contributed by atoms with E-state index in [0.29, 0.717) is 17.2 Å². The van der Waals surface area contributed by atoms with Crippen LogP contribution in [0.25, 0.3) is 110 Å². The van der Waals surface area contributed by atoms with E-state index in [9.17, 15) is 0 Å². The molecule has 4 aromatic heterocycles. The van der Waals surface area contributed by atoms with Gasteiger partial charge in [0.05, 0.1) is 15.9 Å². The molecule has 11 aromatic rings. The minimum absolute atomic E-state index is 0.638. The van der Waals surface area contributed by atoms with Crippen molar-refractivity contribution in [3.05, 3.63) is 182 Å². The van der Waals surface area contributed by atoms with E-state index in [1.165, 1.54) is 15.8 Å². The molecule has 0 N–H and O–H groups in total. The van der Waals surface area contributed by atoms with Gasteiger partial charge in [-0.2, -0.15) is 0 Å². The van der Waals surface area contributed by atoms with Gasteiger partial charge in [0.2, 0.25) is 0 Å². The number of furan rings is 1. The lowest BCUT2D eigenvalue weighted by Gasteiger charge is -2.10. The standard InChI is InChI=1S/C50H30N4OS/c1-3-12-31(13-4-1)33-22-26-35(27-23-33)49-51-43(47-45(53-49)39-18-7-9-20-41(39)55-47)37-16-11-17-38(30-37)44-48-46(40-19-8-10-21-42(40)56-48)54-50(52-44)36-28-24-34(25-29-36)32-14-5-2-6-15-32/h1-30H. The largest absolute Gasteiger partial charge is 0.452 e. The van der Waals surface area contributed by atoms with Gasteiger partial charge < -0.3 is 4.42 Å². The maximum absolute atomic E-state index is 6.53. The first-order valence-corrected chi connectivity index (χ1v) is 19.4. The van der Waals surface area contributed by atoms with Crippen LogP contribution < -0.4 is 0 Å². The lowest BCUT2D eigenvalue weighted by atomic mass is 10.0. The lowest BCUT2D eigenvalue weighted by molar-refractivity contribution is 0.667. The molecule has 6 heteroatoms. The summed E-state index contributed by atoms with van der Waals surface area (Å²) in [7, 11) is 0. The van der Waals surface area contributed by atoms with Gasteiger partial charge >= 0.3 is 0 Å². The highest BCUT2D eigenvalue weighted by Crippen LogP contribution is 2.42. The molecule has 0 bridgehead atoms. The maximum atomic E-state index is 6.53. The van der Waals surface area contributed by atoms with Crippen molar-refractivity contribution in [2.24, 2.45) is 0 Å². The van der Waals surface area contributed by atoms with Crippen molar-refractivity contribution in [1.29, 1.82) is 0 Å². The number of hydrogen-bond acceptors (Lipinski definition) is 6. The molecule has 0 fully saturated rings. The van der Waals surface area contributed by atoms with Gasteiger partial charge in [-0.15, -0.1) is 11.3 Å². The fourth-order valence-electron chi connectivity index (χ4n) is 7.53. The predicted octanol–water partition coefficient (Wildman–Crippen LogP) is 13.5. The number of hydrogen-bond donors (Lipinski definition) is 0. The van der Waals surface area contributed by atoms with Crippen molar-refractivity contribution in [2.45, 2.75) is 0 Å². The van der Waals surface area contributed by atoms with Crippen molar-refractivity contribution < 1.29 is 4.42 Å². The van der Waals surface area contributed by atoms with Crippen molar-refractivity contribution in [2.75, 3.05) is 0 Å². The van der Waals surface area contributed by atoms with Gasteiger partial charge in [0, 0.05) is 37.7 Å². The third-order valence-corrected chi connectivity index (χ3v) is 11.5. The fraction of sp³-hybridized carbons (Fsp3) is 0. The Labute approximate surface area is 326 Å². The average Bonchev–Trinajstić information content (AvgIpc) is 3.85. The third kappa shape index (κ3) is 5.54. The number of thiophene rings is 1. The molecule has 0 saturated heterocycles. The summed E-state index contributed by atoms with van der Waals surface area (Å²) >= 11 is 1.72. The molecule has 7 aromatic carbocycles. The van der Waals surface area contributed by atoms with E-state index in [1.807, 2.05) is 30.3 Å². The Balaban J connectivity index is 1.07. The lowest BCUT2D eigenvalue weighted by Crippen LogP contribution is -1.96. The van der Waals surface area contributed by atoms with E-state index in [1.54, 1.807) is 11.3 Å². The van der Waals surface area contributed by atoms with Crippen LogP contribution in [0.3, 0.4) is 0 Å². The molecule has 0 amide bonds. The summed E-state index contributed by atoms with van der Waals surface area (Å²) in [5.41, 5.74) is 13.2. The summed E-state index contributed by atoms with van der Waals surface area (Å²) in [6, 6.07) is 62.7. The SMILES string of the molecule is c1ccc(-c2ccc(-c3nc(-c4cccc(-c5nc(-c6ccc(-c7ccccc7)cc6)nc6c5sc5ccccc56)c4)c4oc5ccccc5c4n3)cc2)cc1. The van der Waals surface area contributed by atoms with Crippen LogP contribution >= 0.6 is 11.3 Å². The zero-order valence-electron chi connectivity index (χ0n) is 29.9. The van der Waals surface area contributed by atoms with Crippen molar-refractivity contribution >= 4 is 53.7 Å². The summed E-state index contributed by atoms with van der Waals surface area (Å²) in [6.45, 7) is 0. The molecular formula is C50H30N4OS. The molecule has 262 valence electrons. The van der Waals surface area contributed by atoms with E-state index in [2.05, 4.69) is 152 Å². The molecule has 56 heavy (non-hydrogen) atoms. The minimum Gasteiger partial charge on any atom is -0.452 e. The first-order chi connectivity index (χ1) is 27.7. The fourth-order valence-corrected chi connectivity index (χ4v) is 8.68. The predicted molar refractivity (Wildman–Crippen MR) is 230 cm³/mol. The Morgan fingerprint density at radius 3 is 1.50 bits per heavy atom. The molecule has 0 aliphatic rings. The minimum atomic E-state index is 0.638. The van der Waals surface area contributed by atoms with Crippen LogP contribution in [-0.4, -0.2) is 19.9 Å². The Hall–Kier alpha value is -7.28. The Morgan fingerprint density at radius 2 is 0.839 bits per heavy atom. The van der Waals surface area contributed by atoms with Crippen molar-refractivity contribution in [3.8, 4) is 67.5 Å². The number of aromatic nitrogens is 4. The number of nitrogens with zero attached hydrogens (tertiary/aromatic N) is 4. The molecule has 0 aliphatic carbocycles. The second kappa shape index (κ2) is 13.2. The molecule has 5 nitrogen and oxygen atoms in total. The molecule has 11 rings (SSSR count). The van der Waals surface area contributed by atoms with Crippen LogP contribution in [0.15, 0.2) is 186 Å². The van der Waals surface area contributed by atoms with Gasteiger partial charge in [-0.25, -0.2) is 19.9 Å². The Bertz CT molecular complexity index is 3010. The average molecular weight is 735 g/mol. The summed E-state index contributed by atoms with van der Waals surface area (Å²) in [4.78, 5) is 20.9. The second-order valence-electron chi connectivity index (χ2n) is 13.8. The highest BCUT2D eigenvalue weighted by molar-refractivity contribution is 7.26. The molecule has 0 atom stereocenters. The Kier molecular flexibility index (Phi) is 7.60. The number of rotatable bonds is 6. The van der Waals surface area contributed by atoms with Crippen LogP contribution in [0.1, 0.15) is 0 Å². The summed E-state index contributed by atoms with van der Waals surface area (Å²) in [5.74, 6) is 1.32. The number of benzene rings is 7. The van der Waals surface area contributed by atoms with E-state index >= 15 is 0 Å². The van der Waals surface area contributed by atoms with Gasteiger partial charge in [0.1, 0.15) is 16.8 Å². The molecule has 0 aliphatic heterocycles. The van der Waals surface area contributed by atoms with Gasteiger partial charge in [-0.1, -0.05) is 158 Å². The molecule has 0 radical (unpaired) electrons. The maximum Gasteiger partial charge on any atom is 0.180 e. The van der Waals surface area contributed by atoms with Gasteiger partial charge in [-0.3, -0.25) is 0 Å². The van der Waals surface area contributed by atoms with E-state index in [0.717, 1.165) is 76.9 Å². The first kappa shape index (κ1) is 32.2. The summed E-state index contributed by atoms with van der Waals surface area (Å²) in [5, 5.41) is 2.08. The molecular weight excluding hydrogens is 705 g/mol. The number of para-hydroxylation sites is 1. The van der Waals surface area contributed by atoms with Crippen molar-refractivity contribution in [1.82, 2.24) is 19.9 Å². The van der Waals surface area contributed by atoms with Crippen LogP contribution in [0, 0.1) is 0 Å². The van der Waals surface area contributed by atoms with Crippen LogP contribution in [-0.2, 0) is 0 Å². The highest BCUT2D eigenvalue weighted by Gasteiger charge is 2.21. The Morgan fingerprint density at radius 1 is 0.357 bits per heavy atom. The smallest absolute Gasteiger partial charge is 0.180 e. The summed E-state index contributed by atoms with van der Waals surface area (Å²) in [6.07, 6.45) is 0. The van der Waals surface area contributed by atoms with Crippen molar-refractivity contribution in [3.63, 3.8) is 0 Å². The first-order valence-electron chi connectivity index (χ1n) is 18.5. The monoisotopic (exact) mass is 734 g/mol. The van der Waals surface area contributed by atoms with Gasteiger partial charge in [-0.05, 0) is 46.5 Å². The number of fused-ring (bicyclic) bond motifs is 6. The van der Waals surface area contributed by atoms with Gasteiger partial charge in [0.15, 0.2) is 17.2 Å². The summed E-state index contributed by atoms with van der Waals surface area (Å²) < 4.78 is 8.75. The van der Waals surface area contributed by atoms with E-state index < -0.39 is 0 Å².